The maximum Gasteiger partial charge on any atom is 0.433 e. The van der Waals surface area contributed by atoms with Crippen molar-refractivity contribution < 1.29 is 18.0 Å². The van der Waals surface area contributed by atoms with Gasteiger partial charge in [0.05, 0.1) is 0 Å². The predicted octanol–water partition coefficient (Wildman–Crippen LogP) is 2.46. The standard InChI is InChI=1S/C19H20F3N5O2/c20-19(21,22)15-10-16(25-11-24-15)27(13-1-2-13)14-4-7-26(8-5-14)18(29)12-3-6-23-17(28)9-12/h3,6,9-11,13-14H,1-2,4-5,7-8H2,(H,23,28). The van der Waals surface area contributed by atoms with Crippen LogP contribution in [-0.4, -0.2) is 50.9 Å². The molecule has 0 bridgehead atoms. The van der Waals surface area contributed by atoms with Crippen molar-refractivity contribution in [1.82, 2.24) is 19.9 Å². The average Bonchev–Trinajstić information content (AvgIpc) is 3.53. The number of hydrogen-bond donors (Lipinski definition) is 1. The highest BCUT2D eigenvalue weighted by Crippen LogP contribution is 2.37. The number of hydrogen-bond acceptors (Lipinski definition) is 5. The van der Waals surface area contributed by atoms with Gasteiger partial charge in [-0.25, -0.2) is 9.97 Å². The van der Waals surface area contributed by atoms with E-state index < -0.39 is 11.9 Å². The van der Waals surface area contributed by atoms with Gasteiger partial charge >= 0.3 is 6.18 Å². The maximum absolute atomic E-state index is 13.0. The second-order valence-electron chi connectivity index (χ2n) is 7.36. The number of likely N-dealkylation sites (tertiary alicyclic amines) is 1. The van der Waals surface area contributed by atoms with Crippen molar-refractivity contribution in [2.45, 2.75) is 43.9 Å². The molecule has 0 aromatic carbocycles. The van der Waals surface area contributed by atoms with Gasteiger partial charge in [0.15, 0.2) is 0 Å². The summed E-state index contributed by atoms with van der Waals surface area (Å²) in [6.07, 6.45) is 0.946. The number of nitrogens with zero attached hydrogens (tertiary/aromatic N) is 4. The summed E-state index contributed by atoms with van der Waals surface area (Å²) in [5.74, 6) is 0.0723. The highest BCUT2D eigenvalue weighted by Gasteiger charge is 2.39. The molecular weight excluding hydrogens is 387 g/mol. The molecule has 0 radical (unpaired) electrons. The molecule has 1 aliphatic carbocycles. The van der Waals surface area contributed by atoms with Gasteiger partial charge in [-0.3, -0.25) is 9.59 Å². The van der Waals surface area contributed by atoms with E-state index in [1.807, 2.05) is 4.90 Å². The molecule has 3 heterocycles. The monoisotopic (exact) mass is 407 g/mol. The molecule has 1 saturated carbocycles. The summed E-state index contributed by atoms with van der Waals surface area (Å²) in [7, 11) is 0. The van der Waals surface area contributed by atoms with E-state index in [2.05, 4.69) is 15.0 Å². The van der Waals surface area contributed by atoms with Crippen LogP contribution in [0.25, 0.3) is 0 Å². The third-order valence-electron chi connectivity index (χ3n) is 5.32. The smallest absolute Gasteiger partial charge is 0.350 e. The van der Waals surface area contributed by atoms with Crippen LogP contribution >= 0.6 is 0 Å². The third-order valence-corrected chi connectivity index (χ3v) is 5.32. The van der Waals surface area contributed by atoms with E-state index in [4.69, 9.17) is 0 Å². The summed E-state index contributed by atoms with van der Waals surface area (Å²) in [6.45, 7) is 0.938. The second-order valence-corrected chi connectivity index (χ2v) is 7.36. The fourth-order valence-corrected chi connectivity index (χ4v) is 3.78. The molecule has 2 aliphatic rings. The second kappa shape index (κ2) is 7.49. The number of halogens is 3. The number of aromatic nitrogens is 3. The Labute approximate surface area is 164 Å². The van der Waals surface area contributed by atoms with E-state index >= 15 is 0 Å². The topological polar surface area (TPSA) is 82.2 Å². The Morgan fingerprint density at radius 3 is 2.41 bits per heavy atom. The number of carbonyl (C=O) groups excluding carboxylic acids is 1. The minimum atomic E-state index is -4.52. The van der Waals surface area contributed by atoms with Gasteiger partial charge < -0.3 is 14.8 Å². The zero-order valence-corrected chi connectivity index (χ0v) is 15.5. The Bertz CT molecular complexity index is 949. The van der Waals surface area contributed by atoms with E-state index in [1.54, 1.807) is 11.0 Å². The molecular formula is C19H20F3N5O2. The van der Waals surface area contributed by atoms with Crippen molar-refractivity contribution in [2.24, 2.45) is 0 Å². The number of nitrogens with one attached hydrogen (secondary N) is 1. The molecule has 2 aromatic rings. The molecule has 0 unspecified atom stereocenters. The lowest BCUT2D eigenvalue weighted by Crippen LogP contribution is -2.48. The quantitative estimate of drug-likeness (QED) is 0.842. The number of piperidine rings is 1. The van der Waals surface area contributed by atoms with Crippen LogP contribution in [0, 0.1) is 0 Å². The largest absolute Gasteiger partial charge is 0.433 e. The molecule has 1 amide bonds. The SMILES string of the molecule is O=C(c1cc[nH]c(=O)c1)N1CCC(N(c2cc(C(F)(F)F)ncn2)C2CC2)CC1. The van der Waals surface area contributed by atoms with E-state index in [1.165, 1.54) is 12.3 Å². The number of alkyl halides is 3. The normalized spacial score (nSPS) is 18.0. The molecule has 2 fully saturated rings. The van der Waals surface area contributed by atoms with Gasteiger partial charge in [0.2, 0.25) is 5.56 Å². The van der Waals surface area contributed by atoms with Crippen LogP contribution in [0.1, 0.15) is 41.7 Å². The Hall–Kier alpha value is -2.91. The molecule has 0 atom stereocenters. The van der Waals surface area contributed by atoms with Crippen LogP contribution in [0.4, 0.5) is 19.0 Å². The van der Waals surface area contributed by atoms with Crippen molar-refractivity contribution in [3.8, 4) is 0 Å². The highest BCUT2D eigenvalue weighted by atomic mass is 19.4. The lowest BCUT2D eigenvalue weighted by atomic mass is 10.0. The first-order chi connectivity index (χ1) is 13.8. The lowest BCUT2D eigenvalue weighted by Gasteiger charge is -2.39. The molecule has 1 aliphatic heterocycles. The summed E-state index contributed by atoms with van der Waals surface area (Å²) in [5.41, 5.74) is -0.957. The van der Waals surface area contributed by atoms with Crippen molar-refractivity contribution >= 4 is 11.7 Å². The number of carbonyl (C=O) groups is 1. The summed E-state index contributed by atoms with van der Waals surface area (Å²) in [4.78, 5) is 37.6. The van der Waals surface area contributed by atoms with Gasteiger partial charge in [-0.15, -0.1) is 0 Å². The molecule has 0 spiro atoms. The number of aromatic amines is 1. The number of anilines is 1. The van der Waals surface area contributed by atoms with Crippen LogP contribution in [0.3, 0.4) is 0 Å². The van der Waals surface area contributed by atoms with Crippen LogP contribution in [0.2, 0.25) is 0 Å². The van der Waals surface area contributed by atoms with Gasteiger partial charge in [0, 0.05) is 49.1 Å². The first-order valence-electron chi connectivity index (χ1n) is 9.48. The molecule has 2 aromatic heterocycles. The number of pyridine rings is 1. The Kier molecular flexibility index (Phi) is 5.01. The van der Waals surface area contributed by atoms with E-state index in [0.29, 0.717) is 31.5 Å². The van der Waals surface area contributed by atoms with Gasteiger partial charge in [-0.2, -0.15) is 13.2 Å². The molecule has 154 valence electrons. The van der Waals surface area contributed by atoms with Gasteiger partial charge in [-0.05, 0) is 31.7 Å². The van der Waals surface area contributed by atoms with E-state index in [0.717, 1.165) is 25.2 Å². The molecule has 1 N–H and O–H groups in total. The van der Waals surface area contributed by atoms with Crippen molar-refractivity contribution in [3.05, 3.63) is 52.3 Å². The third kappa shape index (κ3) is 4.25. The summed E-state index contributed by atoms with van der Waals surface area (Å²) in [5, 5.41) is 0. The van der Waals surface area contributed by atoms with Crippen LogP contribution in [0.15, 0.2) is 35.5 Å². The minimum absolute atomic E-state index is 0.00158. The molecule has 7 nitrogen and oxygen atoms in total. The first-order valence-corrected chi connectivity index (χ1v) is 9.48. The Morgan fingerprint density at radius 1 is 1.10 bits per heavy atom. The summed E-state index contributed by atoms with van der Waals surface area (Å²) < 4.78 is 39.1. The molecule has 4 rings (SSSR count). The van der Waals surface area contributed by atoms with Crippen LogP contribution < -0.4 is 10.5 Å². The zero-order valence-electron chi connectivity index (χ0n) is 15.5. The fourth-order valence-electron chi connectivity index (χ4n) is 3.78. The number of rotatable bonds is 4. The van der Waals surface area contributed by atoms with Gasteiger partial charge in [0.1, 0.15) is 17.8 Å². The van der Waals surface area contributed by atoms with E-state index in [9.17, 15) is 22.8 Å². The van der Waals surface area contributed by atoms with Crippen molar-refractivity contribution in [3.63, 3.8) is 0 Å². The van der Waals surface area contributed by atoms with Crippen LogP contribution in [0.5, 0.6) is 0 Å². The lowest BCUT2D eigenvalue weighted by molar-refractivity contribution is -0.141. The fraction of sp³-hybridized carbons (Fsp3) is 0.474. The molecule has 10 heteroatoms. The maximum atomic E-state index is 13.0. The minimum Gasteiger partial charge on any atom is -0.350 e. The van der Waals surface area contributed by atoms with Gasteiger partial charge in [-0.1, -0.05) is 0 Å². The average molecular weight is 407 g/mol. The molecule has 1 saturated heterocycles. The van der Waals surface area contributed by atoms with Gasteiger partial charge in [0.25, 0.3) is 5.91 Å². The summed E-state index contributed by atoms with van der Waals surface area (Å²) >= 11 is 0. The summed E-state index contributed by atoms with van der Waals surface area (Å²) in [6, 6.07) is 4.01. The van der Waals surface area contributed by atoms with Crippen molar-refractivity contribution in [1.29, 1.82) is 0 Å². The van der Waals surface area contributed by atoms with Crippen molar-refractivity contribution in [2.75, 3.05) is 18.0 Å². The van der Waals surface area contributed by atoms with E-state index in [-0.39, 0.29) is 29.4 Å². The Balaban J connectivity index is 1.48. The zero-order chi connectivity index (χ0) is 20.6. The highest BCUT2D eigenvalue weighted by molar-refractivity contribution is 5.94. The number of H-pyrrole nitrogens is 1. The van der Waals surface area contributed by atoms with Crippen LogP contribution in [-0.2, 0) is 6.18 Å². The predicted molar refractivity (Wildman–Crippen MR) is 98.5 cm³/mol. The molecule has 29 heavy (non-hydrogen) atoms. The number of amides is 1. The Morgan fingerprint density at radius 2 is 1.79 bits per heavy atom. The first kappa shape index (κ1) is 19.4.